The van der Waals surface area contributed by atoms with E-state index in [2.05, 4.69) is 118 Å². The first-order chi connectivity index (χ1) is 22.7. The second-order valence-electron chi connectivity index (χ2n) is 11.6. The number of benzene rings is 4. The molecule has 2 atom stereocenters. The van der Waals surface area contributed by atoms with Crippen molar-refractivity contribution in [3.05, 3.63) is 131 Å². The molecule has 2 saturated heterocycles. The fourth-order valence-corrected chi connectivity index (χ4v) is 3.35. The molecule has 0 N–H and O–H groups in total. The third-order valence-electron chi connectivity index (χ3n) is 5.51. The number of para-hydroxylation sites is 2. The molecular formula is C44H68O4. The number of hydrogen-bond acceptors (Lipinski definition) is 4. The second kappa shape index (κ2) is 32.0. The van der Waals surface area contributed by atoms with E-state index in [9.17, 15) is 0 Å². The molecule has 2 unspecified atom stereocenters. The van der Waals surface area contributed by atoms with Crippen LogP contribution in [0.15, 0.2) is 109 Å². The van der Waals surface area contributed by atoms with Crippen LogP contribution in [0.1, 0.15) is 90.5 Å². The van der Waals surface area contributed by atoms with Gasteiger partial charge in [-0.05, 0) is 52.0 Å². The van der Waals surface area contributed by atoms with Crippen LogP contribution in [0.25, 0.3) is 0 Å². The Bertz CT molecular complexity index is 1080. The number of ether oxygens (including phenoxy) is 4. The van der Waals surface area contributed by atoms with Crippen molar-refractivity contribution < 1.29 is 18.9 Å². The number of hydrogen-bond donors (Lipinski definition) is 0. The second-order valence-corrected chi connectivity index (χ2v) is 11.6. The number of rotatable bonds is 6. The Morgan fingerprint density at radius 1 is 0.458 bits per heavy atom. The molecule has 2 aliphatic rings. The van der Waals surface area contributed by atoms with Crippen LogP contribution >= 0.6 is 0 Å². The highest BCUT2D eigenvalue weighted by Crippen LogP contribution is 2.14. The fraction of sp³-hybridized carbons (Fsp3) is 0.455. The molecule has 0 spiro atoms. The van der Waals surface area contributed by atoms with E-state index in [1.165, 1.54) is 41.5 Å². The topological polar surface area (TPSA) is 43.5 Å². The molecule has 0 amide bonds. The van der Waals surface area contributed by atoms with Crippen LogP contribution in [-0.4, -0.2) is 38.6 Å². The maximum atomic E-state index is 5.40. The zero-order valence-corrected chi connectivity index (χ0v) is 31.1. The number of epoxide rings is 2. The van der Waals surface area contributed by atoms with E-state index in [1.807, 2.05) is 60.7 Å². The lowest BCUT2D eigenvalue weighted by molar-refractivity contribution is 0.263. The third-order valence-corrected chi connectivity index (χ3v) is 5.51. The maximum absolute atomic E-state index is 5.40. The predicted molar refractivity (Wildman–Crippen MR) is 210 cm³/mol. The maximum Gasteiger partial charge on any atom is 0.119 e. The molecule has 0 saturated carbocycles. The predicted octanol–water partition coefficient (Wildman–Crippen LogP) is 12.4. The molecule has 4 nitrogen and oxygen atoms in total. The summed E-state index contributed by atoms with van der Waals surface area (Å²) >= 11 is 0. The summed E-state index contributed by atoms with van der Waals surface area (Å²) in [5, 5.41) is 0. The Morgan fingerprint density at radius 2 is 0.708 bits per heavy atom. The zero-order valence-electron chi connectivity index (χ0n) is 31.1. The van der Waals surface area contributed by atoms with E-state index < -0.39 is 0 Å². The average Bonchev–Trinajstić information content (AvgIpc) is 3.98. The van der Waals surface area contributed by atoms with Gasteiger partial charge in [0.25, 0.3) is 0 Å². The van der Waals surface area contributed by atoms with Gasteiger partial charge in [-0.15, -0.1) is 0 Å². The van der Waals surface area contributed by atoms with E-state index in [0.29, 0.717) is 25.4 Å². The van der Waals surface area contributed by atoms with Gasteiger partial charge in [0.2, 0.25) is 0 Å². The van der Waals surface area contributed by atoms with Crippen molar-refractivity contribution >= 4 is 0 Å². The molecule has 2 fully saturated rings. The molecule has 4 aromatic rings. The van der Waals surface area contributed by atoms with Gasteiger partial charge in [0.15, 0.2) is 0 Å². The van der Waals surface area contributed by atoms with Crippen molar-refractivity contribution in [1.82, 2.24) is 0 Å². The van der Waals surface area contributed by atoms with Crippen LogP contribution in [0.2, 0.25) is 0 Å². The Balaban J connectivity index is 0. The van der Waals surface area contributed by atoms with Crippen molar-refractivity contribution in [3.8, 4) is 11.5 Å². The molecular weight excluding hydrogens is 592 g/mol. The minimum absolute atomic E-state index is 0. The number of aryl methyl sites for hydroxylation is 4. The Kier molecular flexibility index (Phi) is 31.0. The van der Waals surface area contributed by atoms with Crippen molar-refractivity contribution in [2.75, 3.05) is 26.4 Å². The standard InChI is InChI=1S/2C9H10O2.2C8H10.3C3H8.CH4/c2*1-2-4-8(5-3-1)10-6-9-7-11-9;2*1-7-4-3-5-8(2)6-7;3*1-3-2;/h2*1-5,9H,6-7H2;2*3-6H,1-2H3;3*3H2,1-2H3;1H4. The van der Waals surface area contributed by atoms with Gasteiger partial charge < -0.3 is 18.9 Å². The van der Waals surface area contributed by atoms with Gasteiger partial charge in [-0.2, -0.15) is 0 Å². The van der Waals surface area contributed by atoms with Gasteiger partial charge in [0.1, 0.15) is 36.9 Å². The fourth-order valence-electron chi connectivity index (χ4n) is 3.35. The van der Waals surface area contributed by atoms with Gasteiger partial charge >= 0.3 is 0 Å². The SMILES string of the molecule is C.CCC.CCC.CCC.Cc1cccc(C)c1.Cc1cccc(C)c1.c1ccc(OCC2CO2)cc1.c1ccc(OCC2CO2)cc1. The summed E-state index contributed by atoms with van der Waals surface area (Å²) in [5.41, 5.74) is 5.35. The molecule has 4 aromatic carbocycles. The van der Waals surface area contributed by atoms with E-state index in [4.69, 9.17) is 18.9 Å². The van der Waals surface area contributed by atoms with Crippen molar-refractivity contribution in [1.29, 1.82) is 0 Å². The summed E-state index contributed by atoms with van der Waals surface area (Å²) in [4.78, 5) is 0. The van der Waals surface area contributed by atoms with Gasteiger partial charge in [-0.1, -0.05) is 175 Å². The lowest BCUT2D eigenvalue weighted by Crippen LogP contribution is -2.03. The smallest absolute Gasteiger partial charge is 0.119 e. The Morgan fingerprint density at radius 3 is 0.896 bits per heavy atom. The van der Waals surface area contributed by atoms with Crippen LogP contribution in [0, 0.1) is 27.7 Å². The normalized spacial score (nSPS) is 14.0. The van der Waals surface area contributed by atoms with E-state index in [0.717, 1.165) is 24.7 Å². The molecule has 2 heterocycles. The average molecular weight is 661 g/mol. The highest BCUT2D eigenvalue weighted by Gasteiger charge is 2.23. The summed E-state index contributed by atoms with van der Waals surface area (Å²) in [6.45, 7) is 24.2. The highest BCUT2D eigenvalue weighted by molar-refractivity contribution is 5.22. The van der Waals surface area contributed by atoms with Crippen molar-refractivity contribution in [3.63, 3.8) is 0 Å². The summed E-state index contributed by atoms with van der Waals surface area (Å²) in [6.07, 6.45) is 4.44. The molecule has 4 heteroatoms. The highest BCUT2D eigenvalue weighted by atomic mass is 16.6. The Hall–Kier alpha value is -3.60. The van der Waals surface area contributed by atoms with Crippen LogP contribution in [0.4, 0.5) is 0 Å². The summed E-state index contributed by atoms with van der Waals surface area (Å²) in [5.74, 6) is 1.84. The van der Waals surface area contributed by atoms with Crippen molar-refractivity contribution in [2.24, 2.45) is 0 Å². The molecule has 48 heavy (non-hydrogen) atoms. The zero-order chi connectivity index (χ0) is 35.1. The van der Waals surface area contributed by atoms with E-state index >= 15 is 0 Å². The summed E-state index contributed by atoms with van der Waals surface area (Å²) in [6, 6.07) is 36.5. The van der Waals surface area contributed by atoms with E-state index in [1.54, 1.807) is 0 Å². The van der Waals surface area contributed by atoms with Gasteiger partial charge in [-0.25, -0.2) is 0 Å². The van der Waals surface area contributed by atoms with Crippen LogP contribution in [0.3, 0.4) is 0 Å². The van der Waals surface area contributed by atoms with Crippen LogP contribution < -0.4 is 9.47 Å². The first-order valence-corrected chi connectivity index (χ1v) is 17.4. The lowest BCUT2D eigenvalue weighted by atomic mass is 10.2. The minimum atomic E-state index is 0. The summed E-state index contributed by atoms with van der Waals surface area (Å²) < 4.78 is 20.8. The summed E-state index contributed by atoms with van der Waals surface area (Å²) in [7, 11) is 0. The molecule has 0 aromatic heterocycles. The minimum Gasteiger partial charge on any atom is -0.491 e. The Labute approximate surface area is 295 Å². The third kappa shape index (κ3) is 31.0. The molecule has 0 aliphatic carbocycles. The van der Waals surface area contributed by atoms with Crippen LogP contribution in [-0.2, 0) is 9.47 Å². The van der Waals surface area contributed by atoms with Crippen molar-refractivity contribution in [2.45, 2.75) is 108 Å². The van der Waals surface area contributed by atoms with Gasteiger partial charge in [-0.3, -0.25) is 0 Å². The molecule has 0 bridgehead atoms. The monoisotopic (exact) mass is 661 g/mol. The van der Waals surface area contributed by atoms with Gasteiger partial charge in [0, 0.05) is 0 Å². The molecule has 0 radical (unpaired) electrons. The first-order valence-electron chi connectivity index (χ1n) is 17.4. The van der Waals surface area contributed by atoms with Crippen LogP contribution in [0.5, 0.6) is 11.5 Å². The van der Waals surface area contributed by atoms with Gasteiger partial charge in [0.05, 0.1) is 13.2 Å². The lowest BCUT2D eigenvalue weighted by Gasteiger charge is -2.01. The largest absolute Gasteiger partial charge is 0.491 e. The molecule has 268 valence electrons. The quantitative estimate of drug-likeness (QED) is 0.193. The molecule has 2 aliphatic heterocycles. The first kappa shape index (κ1) is 46.5. The molecule has 6 rings (SSSR count). The van der Waals surface area contributed by atoms with E-state index in [-0.39, 0.29) is 7.43 Å².